The van der Waals surface area contributed by atoms with E-state index in [0.717, 1.165) is 25.9 Å². The summed E-state index contributed by atoms with van der Waals surface area (Å²) in [5, 5.41) is 11.1. The van der Waals surface area contributed by atoms with Crippen molar-refractivity contribution in [1.82, 2.24) is 15.1 Å². The van der Waals surface area contributed by atoms with Crippen LogP contribution in [0.4, 0.5) is 5.82 Å². The fraction of sp³-hybridized carbons (Fsp3) is 0.643. The second-order valence-corrected chi connectivity index (χ2v) is 5.29. The van der Waals surface area contributed by atoms with E-state index in [0.29, 0.717) is 23.5 Å². The third-order valence-corrected chi connectivity index (χ3v) is 3.57. The van der Waals surface area contributed by atoms with Gasteiger partial charge >= 0.3 is 0 Å². The first-order valence-electron chi connectivity index (χ1n) is 7.02. The first kappa shape index (κ1) is 13.8. The van der Waals surface area contributed by atoms with E-state index in [9.17, 15) is 4.79 Å². The highest BCUT2D eigenvalue weighted by atomic mass is 16.2. The lowest BCUT2D eigenvalue weighted by molar-refractivity contribution is 0.0694. The summed E-state index contributed by atoms with van der Waals surface area (Å²) in [4.78, 5) is 14.4. The number of anilines is 1. The summed E-state index contributed by atoms with van der Waals surface area (Å²) in [7, 11) is 0. The Hall–Kier alpha value is -1.65. The Balaban J connectivity index is 2.10. The quantitative estimate of drug-likeness (QED) is 0.903. The third-order valence-electron chi connectivity index (χ3n) is 3.57. The van der Waals surface area contributed by atoms with Gasteiger partial charge in [-0.05, 0) is 37.8 Å². The second kappa shape index (κ2) is 5.99. The molecule has 1 aromatic rings. The molecular formula is C14H22N4O. The van der Waals surface area contributed by atoms with E-state index >= 15 is 0 Å². The van der Waals surface area contributed by atoms with E-state index in [1.807, 2.05) is 17.9 Å². The fourth-order valence-corrected chi connectivity index (χ4v) is 2.61. The van der Waals surface area contributed by atoms with Crippen LogP contribution >= 0.6 is 0 Å². The maximum Gasteiger partial charge on any atom is 0.274 e. The smallest absolute Gasteiger partial charge is 0.274 e. The Morgan fingerprint density at radius 3 is 2.84 bits per heavy atom. The molecule has 1 aliphatic rings. The van der Waals surface area contributed by atoms with Crippen LogP contribution in [0.3, 0.4) is 0 Å². The van der Waals surface area contributed by atoms with Crippen molar-refractivity contribution in [3.8, 4) is 0 Å². The molecule has 2 rings (SSSR count). The molecule has 1 atom stereocenters. The normalized spacial score (nSPS) is 18.9. The van der Waals surface area contributed by atoms with Crippen molar-refractivity contribution < 1.29 is 4.79 Å². The van der Waals surface area contributed by atoms with Gasteiger partial charge in [0.25, 0.3) is 5.91 Å². The fourth-order valence-electron chi connectivity index (χ4n) is 2.61. The number of rotatable bonds is 4. The number of hydrogen-bond acceptors (Lipinski definition) is 4. The molecule has 0 saturated carbocycles. The van der Waals surface area contributed by atoms with Crippen LogP contribution < -0.4 is 5.32 Å². The summed E-state index contributed by atoms with van der Waals surface area (Å²) >= 11 is 0. The van der Waals surface area contributed by atoms with E-state index < -0.39 is 0 Å². The van der Waals surface area contributed by atoms with Gasteiger partial charge in [0.2, 0.25) is 0 Å². The van der Waals surface area contributed by atoms with E-state index in [1.54, 1.807) is 6.07 Å². The van der Waals surface area contributed by atoms with Gasteiger partial charge in [-0.15, -0.1) is 10.2 Å². The molecule has 0 radical (unpaired) electrons. The standard InChI is InChI=1S/C14H22N4O/c1-4-15-13-8-7-11(16-17-13)14(19)18-9-5-6-12(18)10(2)3/h7-8,10,12H,4-6,9H2,1-3H3,(H,15,17). The molecule has 1 unspecified atom stereocenters. The van der Waals surface area contributed by atoms with Crippen molar-refractivity contribution in [3.63, 3.8) is 0 Å². The minimum absolute atomic E-state index is 0.00625. The number of nitrogens with zero attached hydrogens (tertiary/aromatic N) is 3. The Bertz CT molecular complexity index is 430. The summed E-state index contributed by atoms with van der Waals surface area (Å²) < 4.78 is 0. The minimum atomic E-state index is 0.00625. The van der Waals surface area contributed by atoms with E-state index in [1.165, 1.54) is 0 Å². The first-order valence-corrected chi connectivity index (χ1v) is 7.02. The Labute approximate surface area is 114 Å². The minimum Gasteiger partial charge on any atom is -0.369 e. The Morgan fingerprint density at radius 2 is 2.26 bits per heavy atom. The highest BCUT2D eigenvalue weighted by Gasteiger charge is 2.31. The second-order valence-electron chi connectivity index (χ2n) is 5.29. The SMILES string of the molecule is CCNc1ccc(C(=O)N2CCCC2C(C)C)nn1. The summed E-state index contributed by atoms with van der Waals surface area (Å²) in [5.74, 6) is 1.20. The van der Waals surface area contributed by atoms with Gasteiger partial charge in [0.1, 0.15) is 5.82 Å². The predicted molar refractivity (Wildman–Crippen MR) is 75.1 cm³/mol. The van der Waals surface area contributed by atoms with Gasteiger partial charge < -0.3 is 10.2 Å². The molecule has 1 N–H and O–H groups in total. The highest BCUT2D eigenvalue weighted by molar-refractivity contribution is 5.92. The lowest BCUT2D eigenvalue weighted by Gasteiger charge is -2.27. The maximum atomic E-state index is 12.4. The van der Waals surface area contributed by atoms with Crippen LogP contribution in [0.2, 0.25) is 0 Å². The summed E-state index contributed by atoms with van der Waals surface area (Å²) in [6.07, 6.45) is 2.17. The van der Waals surface area contributed by atoms with E-state index in [4.69, 9.17) is 0 Å². The summed E-state index contributed by atoms with van der Waals surface area (Å²) in [6.45, 7) is 7.95. The van der Waals surface area contributed by atoms with Crippen molar-refractivity contribution in [2.24, 2.45) is 5.92 Å². The number of amides is 1. The molecule has 1 amide bonds. The first-order chi connectivity index (χ1) is 9.13. The van der Waals surface area contributed by atoms with Crippen LogP contribution in [-0.2, 0) is 0 Å². The summed E-state index contributed by atoms with van der Waals surface area (Å²) in [5.41, 5.74) is 0.439. The van der Waals surface area contributed by atoms with Crippen LogP contribution in [-0.4, -0.2) is 40.1 Å². The largest absolute Gasteiger partial charge is 0.369 e. The van der Waals surface area contributed by atoms with Crippen molar-refractivity contribution in [2.45, 2.75) is 39.7 Å². The number of hydrogen-bond donors (Lipinski definition) is 1. The zero-order valence-corrected chi connectivity index (χ0v) is 11.9. The van der Waals surface area contributed by atoms with E-state index in [2.05, 4.69) is 29.4 Å². The lowest BCUT2D eigenvalue weighted by Crippen LogP contribution is -2.39. The van der Waals surface area contributed by atoms with Crippen molar-refractivity contribution in [1.29, 1.82) is 0 Å². The highest BCUT2D eigenvalue weighted by Crippen LogP contribution is 2.25. The predicted octanol–water partition coefficient (Wildman–Crippen LogP) is 2.17. The topological polar surface area (TPSA) is 58.1 Å². The molecule has 104 valence electrons. The Morgan fingerprint density at radius 1 is 1.47 bits per heavy atom. The molecule has 0 aliphatic carbocycles. The monoisotopic (exact) mass is 262 g/mol. The van der Waals surface area contributed by atoms with Gasteiger partial charge in [0, 0.05) is 19.1 Å². The van der Waals surface area contributed by atoms with Gasteiger partial charge in [0.15, 0.2) is 5.69 Å². The number of carbonyl (C=O) groups excluding carboxylic acids is 1. The lowest BCUT2D eigenvalue weighted by atomic mass is 10.0. The van der Waals surface area contributed by atoms with Crippen molar-refractivity contribution in [3.05, 3.63) is 17.8 Å². The molecular weight excluding hydrogens is 240 g/mol. The third kappa shape index (κ3) is 3.03. The molecule has 19 heavy (non-hydrogen) atoms. The van der Waals surface area contributed by atoms with Crippen LogP contribution in [0.15, 0.2) is 12.1 Å². The zero-order valence-electron chi connectivity index (χ0n) is 11.9. The van der Waals surface area contributed by atoms with Gasteiger partial charge in [-0.2, -0.15) is 0 Å². The molecule has 0 aromatic carbocycles. The summed E-state index contributed by atoms with van der Waals surface area (Å²) in [6, 6.07) is 3.90. The molecule has 5 heteroatoms. The van der Waals surface area contributed by atoms with Crippen molar-refractivity contribution >= 4 is 11.7 Å². The van der Waals surface area contributed by atoms with Gasteiger partial charge in [0.05, 0.1) is 0 Å². The number of carbonyl (C=O) groups is 1. The zero-order chi connectivity index (χ0) is 13.8. The molecule has 0 bridgehead atoms. The van der Waals surface area contributed by atoms with E-state index in [-0.39, 0.29) is 5.91 Å². The molecule has 2 heterocycles. The molecule has 1 aliphatic heterocycles. The average Bonchev–Trinajstić information content (AvgIpc) is 2.88. The number of aromatic nitrogens is 2. The van der Waals surface area contributed by atoms with Crippen LogP contribution in [0.25, 0.3) is 0 Å². The molecule has 1 saturated heterocycles. The molecule has 1 fully saturated rings. The van der Waals surface area contributed by atoms with Gasteiger partial charge in [-0.1, -0.05) is 13.8 Å². The molecule has 5 nitrogen and oxygen atoms in total. The van der Waals surface area contributed by atoms with Crippen LogP contribution in [0.1, 0.15) is 44.1 Å². The molecule has 1 aromatic heterocycles. The van der Waals surface area contributed by atoms with Gasteiger partial charge in [-0.25, -0.2) is 0 Å². The number of likely N-dealkylation sites (tertiary alicyclic amines) is 1. The average molecular weight is 262 g/mol. The van der Waals surface area contributed by atoms with Gasteiger partial charge in [-0.3, -0.25) is 4.79 Å². The molecule has 0 spiro atoms. The van der Waals surface area contributed by atoms with Crippen molar-refractivity contribution in [2.75, 3.05) is 18.4 Å². The maximum absolute atomic E-state index is 12.4. The van der Waals surface area contributed by atoms with Crippen LogP contribution in [0, 0.1) is 5.92 Å². The van der Waals surface area contributed by atoms with Crippen LogP contribution in [0.5, 0.6) is 0 Å². The number of nitrogens with one attached hydrogen (secondary N) is 1. The Kier molecular flexibility index (Phi) is 4.35.